The molecule has 1 aromatic heterocycles. The normalized spacial score (nSPS) is 16.9. The first-order chi connectivity index (χ1) is 11.9. The summed E-state index contributed by atoms with van der Waals surface area (Å²) in [5, 5.41) is 18.5. The van der Waals surface area contributed by atoms with Crippen LogP contribution < -0.4 is 5.32 Å². The molecule has 140 valence electrons. The Morgan fingerprint density at radius 3 is 2.62 bits per heavy atom. The zero-order chi connectivity index (χ0) is 18.1. The van der Waals surface area contributed by atoms with E-state index in [1.54, 1.807) is 17.2 Å². The molecule has 0 spiro atoms. The number of nitro benzene ring substituents is 1. The number of halogens is 3. The summed E-state index contributed by atoms with van der Waals surface area (Å²) in [4.78, 5) is 24.7. The molecular formula is C15H16Cl3N5O3. The molecule has 0 bridgehead atoms. The van der Waals surface area contributed by atoms with Gasteiger partial charge in [-0.15, -0.1) is 12.4 Å². The number of amides is 1. The SMILES string of the molecule is C[C@H]1CNCCN1C(=O)c1ccn(-c2c(Cl)cc([N+](=O)[O-])cc2Cl)n1.Cl. The Hall–Kier alpha value is -1.87. The second-order valence-corrected chi connectivity index (χ2v) is 6.53. The number of hydrogen-bond donors (Lipinski definition) is 1. The first-order valence-corrected chi connectivity index (χ1v) is 8.35. The van der Waals surface area contributed by atoms with Crippen LogP contribution in [-0.2, 0) is 0 Å². The monoisotopic (exact) mass is 419 g/mol. The smallest absolute Gasteiger partial charge is 0.274 e. The number of carbonyl (C=O) groups excluding carboxylic acids is 1. The van der Waals surface area contributed by atoms with E-state index in [2.05, 4.69) is 10.4 Å². The molecule has 0 aliphatic carbocycles. The van der Waals surface area contributed by atoms with Crippen LogP contribution in [0.3, 0.4) is 0 Å². The Labute approximate surface area is 165 Å². The van der Waals surface area contributed by atoms with Crippen LogP contribution in [0.1, 0.15) is 17.4 Å². The van der Waals surface area contributed by atoms with Crippen LogP contribution in [0.5, 0.6) is 0 Å². The van der Waals surface area contributed by atoms with Gasteiger partial charge in [-0.1, -0.05) is 23.2 Å². The number of piperazine rings is 1. The molecule has 2 aromatic rings. The molecule has 8 nitrogen and oxygen atoms in total. The van der Waals surface area contributed by atoms with Crippen LogP contribution in [0.2, 0.25) is 10.0 Å². The average molecular weight is 421 g/mol. The summed E-state index contributed by atoms with van der Waals surface area (Å²) in [6.45, 7) is 4.03. The number of nitrogens with one attached hydrogen (secondary N) is 1. The van der Waals surface area contributed by atoms with E-state index in [-0.39, 0.29) is 45.8 Å². The number of aromatic nitrogens is 2. The molecule has 0 radical (unpaired) electrons. The molecule has 1 aliphatic heterocycles. The highest BCUT2D eigenvalue weighted by molar-refractivity contribution is 6.38. The van der Waals surface area contributed by atoms with Crippen molar-refractivity contribution < 1.29 is 9.72 Å². The van der Waals surface area contributed by atoms with E-state index in [1.807, 2.05) is 6.92 Å². The molecule has 1 aliphatic rings. The van der Waals surface area contributed by atoms with Crippen LogP contribution >= 0.6 is 35.6 Å². The maximum atomic E-state index is 12.6. The molecule has 11 heteroatoms. The maximum Gasteiger partial charge on any atom is 0.274 e. The largest absolute Gasteiger partial charge is 0.332 e. The zero-order valence-corrected chi connectivity index (χ0v) is 16.0. The van der Waals surface area contributed by atoms with Gasteiger partial charge in [0.1, 0.15) is 5.69 Å². The fourth-order valence-electron chi connectivity index (χ4n) is 2.73. The van der Waals surface area contributed by atoms with Crippen molar-refractivity contribution in [2.75, 3.05) is 19.6 Å². The second-order valence-electron chi connectivity index (χ2n) is 5.71. The first-order valence-electron chi connectivity index (χ1n) is 7.59. The number of non-ortho nitro benzene ring substituents is 1. The first kappa shape index (κ1) is 20.4. The lowest BCUT2D eigenvalue weighted by molar-refractivity contribution is -0.384. The minimum atomic E-state index is -0.578. The van der Waals surface area contributed by atoms with Crippen LogP contribution in [0.25, 0.3) is 5.69 Å². The number of carbonyl (C=O) groups is 1. The average Bonchev–Trinajstić information content (AvgIpc) is 3.03. The highest BCUT2D eigenvalue weighted by Crippen LogP contribution is 2.33. The molecule has 3 rings (SSSR count). The minimum Gasteiger partial charge on any atom is -0.332 e. The van der Waals surface area contributed by atoms with Crippen LogP contribution in [0, 0.1) is 10.1 Å². The molecule has 1 N–H and O–H groups in total. The second kappa shape index (κ2) is 8.22. The third-order valence-corrected chi connectivity index (χ3v) is 4.59. The number of benzene rings is 1. The van der Waals surface area contributed by atoms with Crippen LogP contribution in [0.4, 0.5) is 5.69 Å². The van der Waals surface area contributed by atoms with Crippen molar-refractivity contribution in [1.29, 1.82) is 0 Å². The predicted molar refractivity (Wildman–Crippen MR) is 101 cm³/mol. The standard InChI is InChI=1S/C15H15Cl2N5O3.ClH/c1-9-8-18-3-5-20(9)15(23)13-2-4-21(19-13)14-11(16)6-10(22(24)25)7-12(14)17;/h2,4,6-7,9,18H,3,5,8H2,1H3;1H/t9-;/m0./s1. The molecular weight excluding hydrogens is 405 g/mol. The lowest BCUT2D eigenvalue weighted by atomic mass is 10.2. The molecule has 1 amide bonds. The molecule has 0 saturated carbocycles. The molecule has 26 heavy (non-hydrogen) atoms. The Kier molecular flexibility index (Phi) is 6.46. The fraction of sp³-hybridized carbons (Fsp3) is 0.333. The Balaban J connectivity index is 0.00000243. The third-order valence-electron chi connectivity index (χ3n) is 4.01. The Morgan fingerprint density at radius 2 is 2.04 bits per heavy atom. The van der Waals surface area contributed by atoms with E-state index in [9.17, 15) is 14.9 Å². The van der Waals surface area contributed by atoms with Gasteiger partial charge in [0.15, 0.2) is 5.69 Å². The van der Waals surface area contributed by atoms with Crippen molar-refractivity contribution in [2.45, 2.75) is 13.0 Å². The third kappa shape index (κ3) is 3.93. The lowest BCUT2D eigenvalue weighted by Crippen LogP contribution is -2.52. The van der Waals surface area contributed by atoms with Crippen LogP contribution in [0.15, 0.2) is 24.4 Å². The maximum absolute atomic E-state index is 12.6. The van der Waals surface area contributed by atoms with Gasteiger partial charge in [-0.2, -0.15) is 5.10 Å². The van der Waals surface area contributed by atoms with Crippen molar-refractivity contribution in [1.82, 2.24) is 20.0 Å². The van der Waals surface area contributed by atoms with E-state index >= 15 is 0 Å². The zero-order valence-electron chi connectivity index (χ0n) is 13.7. The van der Waals surface area contributed by atoms with E-state index < -0.39 is 4.92 Å². The van der Waals surface area contributed by atoms with E-state index in [4.69, 9.17) is 23.2 Å². The fourth-order valence-corrected chi connectivity index (χ4v) is 3.38. The van der Waals surface area contributed by atoms with Gasteiger partial charge >= 0.3 is 0 Å². The van der Waals surface area contributed by atoms with Gasteiger partial charge in [-0.25, -0.2) is 4.68 Å². The van der Waals surface area contributed by atoms with Crippen molar-refractivity contribution in [3.05, 3.63) is 50.2 Å². The topological polar surface area (TPSA) is 93.3 Å². The van der Waals surface area contributed by atoms with Crippen molar-refractivity contribution >= 4 is 47.2 Å². The summed E-state index contributed by atoms with van der Waals surface area (Å²) in [5.74, 6) is -0.179. The highest BCUT2D eigenvalue weighted by Gasteiger charge is 2.26. The lowest BCUT2D eigenvalue weighted by Gasteiger charge is -2.33. The molecule has 1 saturated heterocycles. The number of nitro groups is 1. The number of nitrogens with zero attached hydrogens (tertiary/aromatic N) is 4. The van der Waals surface area contributed by atoms with Crippen molar-refractivity contribution in [3.63, 3.8) is 0 Å². The van der Waals surface area contributed by atoms with Crippen LogP contribution in [-0.4, -0.2) is 51.2 Å². The summed E-state index contributed by atoms with van der Waals surface area (Å²) < 4.78 is 1.36. The van der Waals surface area contributed by atoms with E-state index in [0.717, 1.165) is 13.1 Å². The van der Waals surface area contributed by atoms with Gasteiger partial charge in [-0.3, -0.25) is 14.9 Å². The van der Waals surface area contributed by atoms with Crippen molar-refractivity contribution in [3.8, 4) is 5.69 Å². The quantitative estimate of drug-likeness (QED) is 0.609. The van der Waals surface area contributed by atoms with Gasteiger partial charge in [0.25, 0.3) is 11.6 Å². The summed E-state index contributed by atoms with van der Waals surface area (Å²) in [5.41, 5.74) is 0.345. The van der Waals surface area contributed by atoms with Gasteiger partial charge in [0.05, 0.1) is 15.0 Å². The Morgan fingerprint density at radius 1 is 1.38 bits per heavy atom. The number of rotatable bonds is 3. The van der Waals surface area contributed by atoms with E-state index in [0.29, 0.717) is 12.2 Å². The highest BCUT2D eigenvalue weighted by atomic mass is 35.5. The summed E-state index contributed by atoms with van der Waals surface area (Å²) in [7, 11) is 0. The summed E-state index contributed by atoms with van der Waals surface area (Å²) in [6, 6.07) is 4.04. The van der Waals surface area contributed by atoms with Gasteiger partial charge in [0.2, 0.25) is 0 Å². The van der Waals surface area contributed by atoms with Crippen molar-refractivity contribution in [2.24, 2.45) is 0 Å². The molecule has 1 fully saturated rings. The Bertz CT molecular complexity index is 819. The molecule has 1 aromatic carbocycles. The van der Waals surface area contributed by atoms with Gasteiger partial charge in [0, 0.05) is 44.0 Å². The molecule has 1 atom stereocenters. The minimum absolute atomic E-state index is 0. The summed E-state index contributed by atoms with van der Waals surface area (Å²) in [6.07, 6.45) is 1.55. The molecule has 2 heterocycles. The van der Waals surface area contributed by atoms with Gasteiger partial charge in [-0.05, 0) is 13.0 Å². The number of hydrogen-bond acceptors (Lipinski definition) is 5. The molecule has 0 unspecified atom stereocenters. The predicted octanol–water partition coefficient (Wildman–Crippen LogP) is 2.94. The summed E-state index contributed by atoms with van der Waals surface area (Å²) >= 11 is 12.2. The van der Waals surface area contributed by atoms with Gasteiger partial charge < -0.3 is 10.2 Å². The van der Waals surface area contributed by atoms with E-state index in [1.165, 1.54) is 16.8 Å².